The van der Waals surface area contributed by atoms with Crippen molar-refractivity contribution in [3.8, 4) is 0 Å². The van der Waals surface area contributed by atoms with Crippen LogP contribution in [0.5, 0.6) is 0 Å². The molecule has 2 N–H and O–H groups in total. The summed E-state index contributed by atoms with van der Waals surface area (Å²) in [5.41, 5.74) is -0.280. The highest BCUT2D eigenvalue weighted by atomic mass is 19.1. The Labute approximate surface area is 121 Å². The van der Waals surface area contributed by atoms with Gasteiger partial charge in [0, 0.05) is 18.2 Å². The molecule has 1 saturated heterocycles. The minimum absolute atomic E-state index is 0.230. The van der Waals surface area contributed by atoms with Gasteiger partial charge in [0.15, 0.2) is 0 Å². The topological polar surface area (TPSA) is 58.2 Å². The van der Waals surface area contributed by atoms with Gasteiger partial charge >= 0.3 is 0 Å². The third-order valence-corrected chi connectivity index (χ3v) is 3.25. The van der Waals surface area contributed by atoms with Crippen molar-refractivity contribution < 1.29 is 18.4 Å². The fourth-order valence-corrected chi connectivity index (χ4v) is 2.13. The van der Waals surface area contributed by atoms with E-state index in [1.807, 2.05) is 0 Å². The van der Waals surface area contributed by atoms with Crippen molar-refractivity contribution in [3.63, 3.8) is 0 Å². The maximum atomic E-state index is 13.4. The molecule has 4 nitrogen and oxygen atoms in total. The average molecular weight is 294 g/mol. The van der Waals surface area contributed by atoms with Gasteiger partial charge in [-0.05, 0) is 37.5 Å². The molecule has 0 radical (unpaired) electrons. The fraction of sp³-hybridized carbons (Fsp3) is 0.333. The molecule has 21 heavy (non-hydrogen) atoms. The molecular weight excluding hydrogens is 278 g/mol. The second-order valence-corrected chi connectivity index (χ2v) is 4.82. The van der Waals surface area contributed by atoms with Crippen molar-refractivity contribution in [2.24, 2.45) is 0 Å². The molecule has 1 aromatic rings. The molecule has 1 atom stereocenters. The predicted octanol–water partition coefficient (Wildman–Crippen LogP) is 1.76. The summed E-state index contributed by atoms with van der Waals surface area (Å²) in [6, 6.07) is 2.87. The number of hydrogen-bond acceptors (Lipinski definition) is 2. The van der Waals surface area contributed by atoms with E-state index in [4.69, 9.17) is 0 Å². The number of carbonyl (C=O) groups excluding carboxylic acids is 2. The monoisotopic (exact) mass is 294 g/mol. The Morgan fingerprint density at radius 2 is 2.00 bits per heavy atom. The van der Waals surface area contributed by atoms with Crippen molar-refractivity contribution >= 4 is 17.9 Å². The third kappa shape index (κ3) is 4.11. The minimum atomic E-state index is -0.744. The van der Waals surface area contributed by atoms with Crippen molar-refractivity contribution in [2.75, 3.05) is 6.54 Å². The van der Waals surface area contributed by atoms with Crippen LogP contribution in [0.1, 0.15) is 24.8 Å². The summed E-state index contributed by atoms with van der Waals surface area (Å²) in [6.07, 6.45) is 4.34. The number of rotatable bonds is 3. The van der Waals surface area contributed by atoms with E-state index < -0.39 is 23.6 Å². The number of benzene rings is 1. The molecule has 1 aliphatic rings. The molecular formula is C15H16F2N2O2. The van der Waals surface area contributed by atoms with Crippen LogP contribution in [-0.4, -0.2) is 24.4 Å². The number of halogens is 2. The zero-order valence-electron chi connectivity index (χ0n) is 11.4. The second-order valence-electron chi connectivity index (χ2n) is 4.82. The summed E-state index contributed by atoms with van der Waals surface area (Å²) >= 11 is 0. The lowest BCUT2D eigenvalue weighted by atomic mass is 10.1. The van der Waals surface area contributed by atoms with Crippen molar-refractivity contribution in [1.82, 2.24) is 10.6 Å². The summed E-state index contributed by atoms with van der Waals surface area (Å²) in [5, 5.41) is 5.23. The Balaban J connectivity index is 2.01. The summed E-state index contributed by atoms with van der Waals surface area (Å²) in [7, 11) is 0. The molecule has 0 bridgehead atoms. The van der Waals surface area contributed by atoms with E-state index in [9.17, 15) is 18.4 Å². The van der Waals surface area contributed by atoms with Crippen molar-refractivity contribution in [1.29, 1.82) is 0 Å². The molecule has 1 fully saturated rings. The minimum Gasteiger partial charge on any atom is -0.354 e. The maximum Gasteiger partial charge on any atom is 0.244 e. The first kappa shape index (κ1) is 15.2. The van der Waals surface area contributed by atoms with Crippen LogP contribution in [0.25, 0.3) is 6.08 Å². The van der Waals surface area contributed by atoms with E-state index in [0.29, 0.717) is 13.0 Å². The summed E-state index contributed by atoms with van der Waals surface area (Å²) < 4.78 is 26.8. The van der Waals surface area contributed by atoms with Crippen LogP contribution in [0.4, 0.5) is 8.78 Å². The maximum absolute atomic E-state index is 13.4. The molecule has 1 aliphatic heterocycles. The van der Waals surface area contributed by atoms with E-state index in [1.165, 1.54) is 6.07 Å². The summed E-state index contributed by atoms with van der Waals surface area (Å²) in [6.45, 7) is 0.599. The Morgan fingerprint density at radius 3 is 2.71 bits per heavy atom. The zero-order chi connectivity index (χ0) is 15.2. The first-order valence-corrected chi connectivity index (χ1v) is 6.78. The lowest BCUT2D eigenvalue weighted by molar-refractivity contribution is -0.126. The van der Waals surface area contributed by atoms with E-state index >= 15 is 0 Å². The van der Waals surface area contributed by atoms with Crippen LogP contribution in [0.2, 0.25) is 0 Å². The van der Waals surface area contributed by atoms with Crippen LogP contribution >= 0.6 is 0 Å². The number of nitrogens with one attached hydrogen (secondary N) is 2. The summed E-state index contributed by atoms with van der Waals surface area (Å²) in [5.74, 6) is -2.27. The Hall–Kier alpha value is -2.24. The largest absolute Gasteiger partial charge is 0.354 e. The highest BCUT2D eigenvalue weighted by Gasteiger charge is 2.21. The predicted molar refractivity (Wildman–Crippen MR) is 74.2 cm³/mol. The van der Waals surface area contributed by atoms with Gasteiger partial charge in [0.25, 0.3) is 0 Å². The van der Waals surface area contributed by atoms with Gasteiger partial charge in [-0.3, -0.25) is 9.59 Å². The normalized spacial score (nSPS) is 19.1. The Kier molecular flexibility index (Phi) is 5.03. The lowest BCUT2D eigenvalue weighted by Crippen LogP contribution is -2.44. The molecule has 0 saturated carbocycles. The molecule has 6 heteroatoms. The zero-order valence-corrected chi connectivity index (χ0v) is 11.4. The van der Waals surface area contributed by atoms with E-state index in [-0.39, 0.29) is 11.5 Å². The molecule has 1 unspecified atom stereocenters. The van der Waals surface area contributed by atoms with Crippen LogP contribution in [0.3, 0.4) is 0 Å². The van der Waals surface area contributed by atoms with Crippen LogP contribution in [-0.2, 0) is 9.59 Å². The van der Waals surface area contributed by atoms with Gasteiger partial charge < -0.3 is 10.6 Å². The molecule has 1 heterocycles. The highest BCUT2D eigenvalue weighted by molar-refractivity contribution is 5.95. The van der Waals surface area contributed by atoms with Gasteiger partial charge in [-0.25, -0.2) is 8.78 Å². The van der Waals surface area contributed by atoms with Crippen LogP contribution in [0.15, 0.2) is 24.3 Å². The van der Waals surface area contributed by atoms with Gasteiger partial charge in [-0.2, -0.15) is 0 Å². The van der Waals surface area contributed by atoms with Crippen molar-refractivity contribution in [3.05, 3.63) is 41.5 Å². The standard InChI is InChI=1S/C15H16F2N2O2/c16-11-4-3-5-12(17)10(11)7-8-14(20)19-13-6-1-2-9-18-15(13)21/h3-5,7-8,13H,1-2,6,9H2,(H,18,21)(H,19,20). The number of hydrogen-bond donors (Lipinski definition) is 2. The quantitative estimate of drug-likeness (QED) is 0.835. The number of amides is 2. The Morgan fingerprint density at radius 1 is 1.29 bits per heavy atom. The highest BCUT2D eigenvalue weighted by Crippen LogP contribution is 2.13. The van der Waals surface area contributed by atoms with Gasteiger partial charge in [0.05, 0.1) is 0 Å². The molecule has 0 aliphatic carbocycles. The molecule has 112 valence electrons. The second kappa shape index (κ2) is 6.97. The molecule has 1 aromatic carbocycles. The van der Waals surface area contributed by atoms with E-state index in [1.54, 1.807) is 0 Å². The molecule has 2 rings (SSSR count). The Bertz CT molecular complexity index is 553. The van der Waals surface area contributed by atoms with E-state index in [2.05, 4.69) is 10.6 Å². The fourth-order valence-electron chi connectivity index (χ4n) is 2.13. The molecule has 0 spiro atoms. The number of carbonyl (C=O) groups is 2. The van der Waals surface area contributed by atoms with Crippen LogP contribution < -0.4 is 10.6 Å². The van der Waals surface area contributed by atoms with Crippen LogP contribution in [0, 0.1) is 11.6 Å². The third-order valence-electron chi connectivity index (χ3n) is 3.25. The first-order chi connectivity index (χ1) is 10.1. The lowest BCUT2D eigenvalue weighted by Gasteiger charge is -2.13. The smallest absolute Gasteiger partial charge is 0.244 e. The van der Waals surface area contributed by atoms with Gasteiger partial charge in [0.2, 0.25) is 11.8 Å². The average Bonchev–Trinajstić information content (AvgIpc) is 2.64. The van der Waals surface area contributed by atoms with Gasteiger partial charge in [-0.15, -0.1) is 0 Å². The first-order valence-electron chi connectivity index (χ1n) is 6.78. The SMILES string of the molecule is O=C(C=Cc1c(F)cccc1F)NC1CCCCNC1=O. The summed E-state index contributed by atoms with van der Waals surface area (Å²) in [4.78, 5) is 23.4. The van der Waals surface area contributed by atoms with Gasteiger partial charge in [0.1, 0.15) is 17.7 Å². The van der Waals surface area contributed by atoms with Gasteiger partial charge in [-0.1, -0.05) is 6.07 Å². The molecule has 2 amide bonds. The van der Waals surface area contributed by atoms with E-state index in [0.717, 1.165) is 37.1 Å². The molecule has 0 aromatic heterocycles. The van der Waals surface area contributed by atoms with Crippen molar-refractivity contribution in [2.45, 2.75) is 25.3 Å².